The summed E-state index contributed by atoms with van der Waals surface area (Å²) in [5.41, 5.74) is 10.8. The fraction of sp³-hybridized carbons (Fsp3) is 0.310. The summed E-state index contributed by atoms with van der Waals surface area (Å²) >= 11 is 0. The number of primary amides is 2. The SMILES string of the molecule is CC(C)C(=O)CC#N.CC(C)C1=C(C#N)C(c2ccc(F)cc2)NC(=O)N1.CO.NC(N)=O.O=Cc1ccc(F)cc1. The van der Waals surface area contributed by atoms with Crippen LogP contribution >= 0.6 is 0 Å². The Morgan fingerprint density at radius 2 is 1.43 bits per heavy atom. The van der Waals surface area contributed by atoms with Gasteiger partial charge in [-0.2, -0.15) is 10.5 Å². The lowest BCUT2D eigenvalue weighted by Crippen LogP contribution is -2.45. The monoisotopic (exact) mass is 586 g/mol. The van der Waals surface area contributed by atoms with E-state index in [4.69, 9.17) is 15.2 Å². The summed E-state index contributed by atoms with van der Waals surface area (Å²) in [6.07, 6.45) is 0.733. The molecule has 2 aromatic carbocycles. The fourth-order valence-corrected chi connectivity index (χ4v) is 2.89. The molecule has 0 bridgehead atoms. The quantitative estimate of drug-likeness (QED) is 0.324. The average molecular weight is 587 g/mol. The Balaban J connectivity index is 0. The molecule has 3 rings (SSSR count). The van der Waals surface area contributed by atoms with E-state index in [1.165, 1.54) is 36.4 Å². The second-order valence-corrected chi connectivity index (χ2v) is 8.70. The molecule has 7 N–H and O–H groups in total. The number of nitrogens with two attached hydrogens (primary N) is 2. The van der Waals surface area contributed by atoms with Crippen molar-refractivity contribution in [3.8, 4) is 12.1 Å². The third-order valence-corrected chi connectivity index (χ3v) is 4.91. The first-order valence-corrected chi connectivity index (χ1v) is 12.3. The molecule has 0 saturated carbocycles. The van der Waals surface area contributed by atoms with Crippen LogP contribution in [-0.4, -0.2) is 36.3 Å². The van der Waals surface area contributed by atoms with Crippen LogP contribution in [-0.2, 0) is 4.79 Å². The topological polar surface area (TPSA) is 212 Å². The van der Waals surface area contributed by atoms with Gasteiger partial charge in [-0.25, -0.2) is 18.4 Å². The third-order valence-electron chi connectivity index (χ3n) is 4.91. The van der Waals surface area contributed by atoms with Crippen molar-refractivity contribution in [2.45, 2.75) is 40.2 Å². The number of nitriles is 2. The molecule has 0 saturated heterocycles. The van der Waals surface area contributed by atoms with E-state index in [2.05, 4.69) is 28.2 Å². The molecule has 0 radical (unpaired) electrons. The number of carbonyl (C=O) groups is 4. The van der Waals surface area contributed by atoms with Crippen molar-refractivity contribution in [1.29, 1.82) is 10.5 Å². The second-order valence-electron chi connectivity index (χ2n) is 8.70. The van der Waals surface area contributed by atoms with Crippen LogP contribution in [0.25, 0.3) is 0 Å². The molecular weight excluding hydrogens is 550 g/mol. The van der Waals surface area contributed by atoms with Crippen LogP contribution in [0.1, 0.15) is 56.1 Å². The summed E-state index contributed by atoms with van der Waals surface area (Å²) in [6, 6.07) is 13.4. The number of nitrogens with zero attached hydrogens (tertiary/aromatic N) is 2. The maximum Gasteiger partial charge on any atom is 0.319 e. The molecule has 1 unspecified atom stereocenters. The minimum absolute atomic E-state index is 0.00894. The van der Waals surface area contributed by atoms with E-state index in [9.17, 15) is 28.4 Å². The van der Waals surface area contributed by atoms with Crippen molar-refractivity contribution in [3.63, 3.8) is 0 Å². The molecule has 4 amide bonds. The van der Waals surface area contributed by atoms with Crippen molar-refractivity contribution < 1.29 is 33.1 Å². The third kappa shape index (κ3) is 16.1. The lowest BCUT2D eigenvalue weighted by atomic mass is 9.92. The summed E-state index contributed by atoms with van der Waals surface area (Å²) in [5.74, 6) is -0.609. The van der Waals surface area contributed by atoms with Crippen LogP contribution in [0.15, 0.2) is 59.8 Å². The summed E-state index contributed by atoms with van der Waals surface area (Å²) in [4.78, 5) is 41.2. The van der Waals surface area contributed by atoms with Crippen LogP contribution < -0.4 is 22.1 Å². The number of Topliss-reactive ketones (excluding diaryl/α,β-unsaturated/α-hetero) is 1. The number of aliphatic hydroxyl groups is 1. The fourth-order valence-electron chi connectivity index (χ4n) is 2.89. The van der Waals surface area contributed by atoms with Gasteiger partial charge in [0.2, 0.25) is 0 Å². The van der Waals surface area contributed by atoms with Gasteiger partial charge in [-0.05, 0) is 47.9 Å². The van der Waals surface area contributed by atoms with Gasteiger partial charge in [0, 0.05) is 24.3 Å². The van der Waals surface area contributed by atoms with Crippen LogP contribution in [0.2, 0.25) is 0 Å². The highest BCUT2D eigenvalue weighted by atomic mass is 19.1. The zero-order chi connectivity index (χ0) is 32.8. The van der Waals surface area contributed by atoms with E-state index in [0.717, 1.165) is 7.11 Å². The Labute approximate surface area is 243 Å². The minimum Gasteiger partial charge on any atom is -0.400 e. The van der Waals surface area contributed by atoms with Gasteiger partial charge in [-0.3, -0.25) is 9.59 Å². The van der Waals surface area contributed by atoms with Gasteiger partial charge in [0.25, 0.3) is 0 Å². The maximum atomic E-state index is 12.9. The summed E-state index contributed by atoms with van der Waals surface area (Å²) in [5, 5.41) is 29.7. The molecule has 0 aliphatic carbocycles. The molecule has 1 atom stereocenters. The van der Waals surface area contributed by atoms with Gasteiger partial charge in [-0.15, -0.1) is 0 Å². The first-order chi connectivity index (χ1) is 19.8. The van der Waals surface area contributed by atoms with Gasteiger partial charge < -0.3 is 27.2 Å². The lowest BCUT2D eigenvalue weighted by Gasteiger charge is -2.28. The molecular formula is C29H36F2N6O5. The predicted molar refractivity (Wildman–Crippen MR) is 152 cm³/mol. The van der Waals surface area contributed by atoms with Gasteiger partial charge in [0.15, 0.2) is 0 Å². The standard InChI is InChI=1S/C14H14FN3O.C7H5FO.C6H9NO.CH4N2O.CH4O/c1-8(2)12-11(7-16)13(18-14(19)17-12)9-3-5-10(15)6-4-9;8-7-3-1-6(5-9)2-4-7;1-5(2)6(8)3-4-7;2-1(3)4;1-2/h3-6,8,13H,1-2H3,(H2,17,18,19);1-5H;5H,3H2,1-2H3;(H4,2,3,4);2H,1H3. The van der Waals surface area contributed by atoms with Crippen LogP contribution in [0.3, 0.4) is 0 Å². The number of hydrogen-bond donors (Lipinski definition) is 5. The Morgan fingerprint density at radius 1 is 0.976 bits per heavy atom. The zero-order valence-corrected chi connectivity index (χ0v) is 24.0. The van der Waals surface area contributed by atoms with E-state index in [-0.39, 0.29) is 41.7 Å². The Kier molecular flexibility index (Phi) is 20.1. The maximum absolute atomic E-state index is 12.9. The van der Waals surface area contributed by atoms with Gasteiger partial charge in [-0.1, -0.05) is 39.8 Å². The zero-order valence-electron chi connectivity index (χ0n) is 24.0. The number of rotatable bonds is 5. The average Bonchev–Trinajstić information content (AvgIpc) is 2.95. The minimum atomic E-state index is -0.833. The number of aliphatic hydroxyl groups excluding tert-OH is 1. The first-order valence-electron chi connectivity index (χ1n) is 12.3. The Bertz CT molecular complexity index is 1260. The highest BCUT2D eigenvalue weighted by molar-refractivity contribution is 5.82. The van der Waals surface area contributed by atoms with E-state index < -0.39 is 12.1 Å². The number of benzene rings is 2. The van der Waals surface area contributed by atoms with Crippen molar-refractivity contribution in [2.24, 2.45) is 23.3 Å². The lowest BCUT2D eigenvalue weighted by molar-refractivity contribution is -0.120. The highest BCUT2D eigenvalue weighted by Crippen LogP contribution is 2.28. The van der Waals surface area contributed by atoms with E-state index in [1.54, 1.807) is 32.0 Å². The number of carbonyl (C=O) groups excluding carboxylic acids is 4. The summed E-state index contributed by atoms with van der Waals surface area (Å²) in [6.45, 7) is 7.39. The Hall–Kier alpha value is -5.14. The van der Waals surface area contributed by atoms with Crippen molar-refractivity contribution in [3.05, 3.63) is 82.6 Å². The van der Waals surface area contributed by atoms with Crippen molar-refractivity contribution in [2.75, 3.05) is 7.11 Å². The van der Waals surface area contributed by atoms with Gasteiger partial charge >= 0.3 is 12.1 Å². The van der Waals surface area contributed by atoms with Gasteiger partial charge in [0.05, 0.1) is 30.2 Å². The molecule has 0 fully saturated rings. The molecule has 1 heterocycles. The van der Waals surface area contributed by atoms with E-state index in [0.29, 0.717) is 28.7 Å². The van der Waals surface area contributed by atoms with Crippen LogP contribution in [0, 0.1) is 46.1 Å². The van der Waals surface area contributed by atoms with E-state index >= 15 is 0 Å². The number of urea groups is 2. The number of allylic oxidation sites excluding steroid dienone is 1. The number of halogens is 2. The molecule has 1 aliphatic rings. The Morgan fingerprint density at radius 3 is 1.76 bits per heavy atom. The van der Waals surface area contributed by atoms with E-state index in [1.807, 2.05) is 13.8 Å². The second kappa shape index (κ2) is 21.7. The molecule has 11 nitrogen and oxygen atoms in total. The molecule has 0 aromatic heterocycles. The summed E-state index contributed by atoms with van der Waals surface area (Å²) < 4.78 is 25.0. The number of aldehydes is 1. The number of nitrogens with one attached hydrogen (secondary N) is 2. The molecule has 42 heavy (non-hydrogen) atoms. The molecule has 0 spiro atoms. The van der Waals surface area contributed by atoms with Gasteiger partial charge in [0.1, 0.15) is 23.7 Å². The molecule has 2 aromatic rings. The number of ketones is 1. The number of hydrogen-bond acceptors (Lipinski definition) is 7. The smallest absolute Gasteiger partial charge is 0.319 e. The van der Waals surface area contributed by atoms with Crippen molar-refractivity contribution in [1.82, 2.24) is 10.6 Å². The van der Waals surface area contributed by atoms with Crippen molar-refractivity contribution >= 4 is 24.1 Å². The highest BCUT2D eigenvalue weighted by Gasteiger charge is 2.29. The number of amides is 4. The predicted octanol–water partition coefficient (Wildman–Crippen LogP) is 4.01. The molecule has 1 aliphatic heterocycles. The summed E-state index contributed by atoms with van der Waals surface area (Å²) in [7, 11) is 1.00. The first kappa shape index (κ1) is 39.0. The van der Waals surface area contributed by atoms with Crippen LogP contribution in [0.4, 0.5) is 18.4 Å². The normalized spacial score (nSPS) is 12.9. The largest absolute Gasteiger partial charge is 0.400 e. The molecule has 13 heteroatoms. The molecule has 226 valence electrons. The van der Waals surface area contributed by atoms with Crippen LogP contribution in [0.5, 0.6) is 0 Å².